The summed E-state index contributed by atoms with van der Waals surface area (Å²) in [7, 11) is 0. The number of nitrogens with one attached hydrogen (secondary N) is 1. The summed E-state index contributed by atoms with van der Waals surface area (Å²) in [6.45, 7) is 9.39. The average molecular weight is 339 g/mol. The molecule has 138 valence electrons. The third-order valence-corrected chi connectivity index (χ3v) is 4.85. The van der Waals surface area contributed by atoms with Crippen LogP contribution in [-0.4, -0.2) is 73.6 Å². The zero-order valence-electron chi connectivity index (χ0n) is 15.3. The monoisotopic (exact) mass is 339 g/mol. The number of nitrogens with zero attached hydrogens (tertiary/aromatic N) is 2. The summed E-state index contributed by atoms with van der Waals surface area (Å²) >= 11 is 0. The Kier molecular flexibility index (Phi) is 7.99. The Hall–Kier alpha value is -1.14. The second-order valence-electron chi connectivity index (χ2n) is 7.36. The van der Waals surface area contributed by atoms with Gasteiger partial charge in [-0.05, 0) is 25.2 Å². The third-order valence-electron chi connectivity index (χ3n) is 4.85. The Morgan fingerprint density at radius 2 is 1.92 bits per heavy atom. The molecular formula is C18H33N3O3. The molecule has 0 aromatic rings. The lowest BCUT2D eigenvalue weighted by Crippen LogP contribution is -2.50. The molecule has 0 aromatic heterocycles. The van der Waals surface area contributed by atoms with Crippen molar-refractivity contribution in [3.05, 3.63) is 0 Å². The molecule has 2 rings (SSSR count). The molecule has 1 N–H and O–H groups in total. The van der Waals surface area contributed by atoms with Crippen LogP contribution in [0.25, 0.3) is 0 Å². The van der Waals surface area contributed by atoms with Crippen molar-refractivity contribution in [2.24, 2.45) is 5.92 Å². The maximum atomic E-state index is 12.3. The van der Waals surface area contributed by atoms with Gasteiger partial charge < -0.3 is 15.0 Å². The summed E-state index contributed by atoms with van der Waals surface area (Å²) in [6, 6.07) is 0.345. The van der Waals surface area contributed by atoms with Crippen molar-refractivity contribution in [2.75, 3.05) is 45.9 Å². The number of morpholine rings is 1. The van der Waals surface area contributed by atoms with Crippen LogP contribution >= 0.6 is 0 Å². The molecule has 0 aliphatic carbocycles. The highest BCUT2D eigenvalue weighted by atomic mass is 16.5. The van der Waals surface area contributed by atoms with Gasteiger partial charge in [-0.2, -0.15) is 0 Å². The van der Waals surface area contributed by atoms with E-state index in [1.54, 1.807) is 4.90 Å². The Balaban J connectivity index is 1.80. The van der Waals surface area contributed by atoms with E-state index in [9.17, 15) is 9.59 Å². The van der Waals surface area contributed by atoms with Crippen LogP contribution in [0.1, 0.15) is 46.0 Å². The quantitative estimate of drug-likeness (QED) is 0.758. The van der Waals surface area contributed by atoms with E-state index in [4.69, 9.17) is 4.74 Å². The SMILES string of the molecule is CC(C)CC(CNC(=O)CN1CCCCCC1=O)N1CCOCC1. The van der Waals surface area contributed by atoms with Gasteiger partial charge in [0.05, 0.1) is 19.8 Å². The van der Waals surface area contributed by atoms with Gasteiger partial charge >= 0.3 is 0 Å². The average Bonchev–Trinajstić information content (AvgIpc) is 2.77. The van der Waals surface area contributed by atoms with Crippen LogP contribution in [0.5, 0.6) is 0 Å². The van der Waals surface area contributed by atoms with Crippen molar-refractivity contribution in [1.29, 1.82) is 0 Å². The molecule has 6 nitrogen and oxygen atoms in total. The number of carbonyl (C=O) groups is 2. The third kappa shape index (κ3) is 6.40. The summed E-state index contributed by atoms with van der Waals surface area (Å²) in [5, 5.41) is 3.06. The zero-order chi connectivity index (χ0) is 17.4. The Bertz CT molecular complexity index is 408. The summed E-state index contributed by atoms with van der Waals surface area (Å²) in [4.78, 5) is 28.4. The molecule has 0 radical (unpaired) electrons. The fourth-order valence-electron chi connectivity index (χ4n) is 3.51. The summed E-state index contributed by atoms with van der Waals surface area (Å²) in [6.07, 6.45) is 4.67. The van der Waals surface area contributed by atoms with Gasteiger partial charge in [0, 0.05) is 38.6 Å². The van der Waals surface area contributed by atoms with Gasteiger partial charge in [0.1, 0.15) is 0 Å². The highest BCUT2D eigenvalue weighted by molar-refractivity contribution is 5.84. The van der Waals surface area contributed by atoms with Gasteiger partial charge in [-0.15, -0.1) is 0 Å². The summed E-state index contributed by atoms with van der Waals surface area (Å²) in [5.41, 5.74) is 0. The Labute approximate surface area is 145 Å². The standard InChI is InChI=1S/C18H33N3O3/c1-15(2)12-16(20-8-10-24-11-9-20)13-19-17(22)14-21-7-5-3-4-6-18(21)23/h15-16H,3-14H2,1-2H3,(H,19,22). The number of likely N-dealkylation sites (tertiary alicyclic amines) is 1. The van der Waals surface area contributed by atoms with Crippen molar-refractivity contribution in [3.8, 4) is 0 Å². The minimum Gasteiger partial charge on any atom is -0.379 e. The van der Waals surface area contributed by atoms with Gasteiger partial charge in [0.25, 0.3) is 0 Å². The Morgan fingerprint density at radius 1 is 1.17 bits per heavy atom. The van der Waals surface area contributed by atoms with E-state index in [0.29, 0.717) is 31.5 Å². The van der Waals surface area contributed by atoms with Gasteiger partial charge in [-0.25, -0.2) is 0 Å². The van der Waals surface area contributed by atoms with Crippen LogP contribution in [-0.2, 0) is 14.3 Å². The van der Waals surface area contributed by atoms with Crippen molar-refractivity contribution in [3.63, 3.8) is 0 Å². The lowest BCUT2D eigenvalue weighted by molar-refractivity contribution is -0.135. The number of hydrogen-bond donors (Lipinski definition) is 1. The molecule has 6 heteroatoms. The lowest BCUT2D eigenvalue weighted by Gasteiger charge is -2.35. The van der Waals surface area contributed by atoms with E-state index >= 15 is 0 Å². The van der Waals surface area contributed by atoms with Crippen molar-refractivity contribution >= 4 is 11.8 Å². The first-order valence-electron chi connectivity index (χ1n) is 9.42. The normalized spacial score (nSPS) is 21.6. The molecule has 24 heavy (non-hydrogen) atoms. The van der Waals surface area contributed by atoms with Gasteiger partial charge in [0.15, 0.2) is 0 Å². The highest BCUT2D eigenvalue weighted by Gasteiger charge is 2.24. The molecular weight excluding hydrogens is 306 g/mol. The minimum absolute atomic E-state index is 0.0349. The van der Waals surface area contributed by atoms with E-state index < -0.39 is 0 Å². The molecule has 2 aliphatic rings. The predicted octanol–water partition coefficient (Wildman–Crippen LogP) is 1.25. The number of carbonyl (C=O) groups excluding carboxylic acids is 2. The molecule has 2 heterocycles. The zero-order valence-corrected chi connectivity index (χ0v) is 15.3. The van der Waals surface area contributed by atoms with Crippen molar-refractivity contribution < 1.29 is 14.3 Å². The van der Waals surface area contributed by atoms with Crippen molar-refractivity contribution in [2.45, 2.75) is 52.0 Å². The maximum Gasteiger partial charge on any atom is 0.239 e. The molecule has 0 bridgehead atoms. The molecule has 2 aliphatic heterocycles. The van der Waals surface area contributed by atoms with E-state index in [0.717, 1.165) is 52.0 Å². The molecule has 2 fully saturated rings. The minimum atomic E-state index is -0.0349. The first-order valence-corrected chi connectivity index (χ1v) is 9.42. The smallest absolute Gasteiger partial charge is 0.239 e. The van der Waals surface area contributed by atoms with E-state index in [2.05, 4.69) is 24.1 Å². The van der Waals surface area contributed by atoms with Crippen LogP contribution in [0.4, 0.5) is 0 Å². The first-order chi connectivity index (χ1) is 11.6. The fraction of sp³-hybridized carbons (Fsp3) is 0.889. The predicted molar refractivity (Wildman–Crippen MR) is 93.7 cm³/mol. The maximum absolute atomic E-state index is 12.3. The number of hydrogen-bond acceptors (Lipinski definition) is 4. The van der Waals surface area contributed by atoms with Gasteiger partial charge in [-0.1, -0.05) is 20.3 Å². The van der Waals surface area contributed by atoms with Crippen LogP contribution in [0.2, 0.25) is 0 Å². The molecule has 0 saturated carbocycles. The number of amides is 2. The van der Waals surface area contributed by atoms with E-state index in [-0.39, 0.29) is 18.4 Å². The molecule has 1 unspecified atom stereocenters. The van der Waals surface area contributed by atoms with Crippen LogP contribution in [0, 0.1) is 5.92 Å². The number of rotatable bonds is 7. The van der Waals surface area contributed by atoms with Crippen LogP contribution in [0.3, 0.4) is 0 Å². The van der Waals surface area contributed by atoms with Crippen LogP contribution in [0.15, 0.2) is 0 Å². The Morgan fingerprint density at radius 3 is 2.62 bits per heavy atom. The van der Waals surface area contributed by atoms with E-state index in [1.807, 2.05) is 0 Å². The van der Waals surface area contributed by atoms with Gasteiger partial charge in [-0.3, -0.25) is 14.5 Å². The summed E-state index contributed by atoms with van der Waals surface area (Å²) in [5.74, 6) is 0.670. The first kappa shape index (κ1) is 19.2. The second-order valence-corrected chi connectivity index (χ2v) is 7.36. The highest BCUT2D eigenvalue weighted by Crippen LogP contribution is 2.13. The van der Waals surface area contributed by atoms with E-state index in [1.165, 1.54) is 0 Å². The lowest BCUT2D eigenvalue weighted by atomic mass is 10.0. The second kappa shape index (κ2) is 9.99. The van der Waals surface area contributed by atoms with Crippen molar-refractivity contribution in [1.82, 2.24) is 15.1 Å². The molecule has 2 saturated heterocycles. The number of ether oxygens (including phenoxy) is 1. The summed E-state index contributed by atoms with van der Waals surface area (Å²) < 4.78 is 5.43. The molecule has 1 atom stereocenters. The van der Waals surface area contributed by atoms with Gasteiger partial charge in [0.2, 0.25) is 11.8 Å². The van der Waals surface area contributed by atoms with Crippen LogP contribution < -0.4 is 5.32 Å². The largest absolute Gasteiger partial charge is 0.379 e. The fourth-order valence-corrected chi connectivity index (χ4v) is 3.51. The molecule has 2 amide bonds. The molecule has 0 spiro atoms. The molecule has 0 aromatic carbocycles. The topological polar surface area (TPSA) is 61.9 Å².